The first-order valence-corrected chi connectivity index (χ1v) is 6.26. The highest BCUT2D eigenvalue weighted by molar-refractivity contribution is 6.02. The van der Waals surface area contributed by atoms with Crippen LogP contribution in [-0.4, -0.2) is 29.3 Å². The van der Waals surface area contributed by atoms with Crippen molar-refractivity contribution in [3.05, 3.63) is 47.5 Å². The molecule has 1 rings (SSSR count). The van der Waals surface area contributed by atoms with Crippen LogP contribution in [0.3, 0.4) is 0 Å². The van der Waals surface area contributed by atoms with E-state index < -0.39 is 24.2 Å². The van der Waals surface area contributed by atoms with Crippen LogP contribution in [0.4, 0.5) is 0 Å². The van der Waals surface area contributed by atoms with E-state index in [-0.39, 0.29) is 23.1 Å². The van der Waals surface area contributed by atoms with Gasteiger partial charge in [-0.2, -0.15) is 0 Å². The third-order valence-electron chi connectivity index (χ3n) is 2.54. The van der Waals surface area contributed by atoms with Crippen molar-refractivity contribution >= 4 is 17.9 Å². The van der Waals surface area contributed by atoms with Gasteiger partial charge in [-0.15, -0.1) is 0 Å². The van der Waals surface area contributed by atoms with Gasteiger partial charge in [-0.05, 0) is 19.1 Å². The van der Waals surface area contributed by atoms with Crippen molar-refractivity contribution in [2.24, 2.45) is 0 Å². The Balaban J connectivity index is 2.87. The molecule has 0 spiro atoms. The maximum Gasteiger partial charge on any atom is 0.342 e. The van der Waals surface area contributed by atoms with Crippen molar-refractivity contribution < 1.29 is 29.0 Å². The summed E-state index contributed by atoms with van der Waals surface area (Å²) in [5.74, 6) is -2.79. The summed E-state index contributed by atoms with van der Waals surface area (Å²) in [6.07, 6.45) is -0.858. The molecule has 0 aliphatic heterocycles. The summed E-state index contributed by atoms with van der Waals surface area (Å²) in [5.41, 5.74) is -0.103. The number of carboxylic acids is 1. The lowest BCUT2D eigenvalue weighted by atomic mass is 10.1. The molecule has 0 aliphatic rings. The normalized spacial score (nSPS) is 11.3. The number of esters is 2. The minimum absolute atomic E-state index is 0.102. The minimum atomic E-state index is -1.24. The highest BCUT2D eigenvalue weighted by atomic mass is 16.7. The molecule has 6 nitrogen and oxygen atoms in total. The second-order valence-corrected chi connectivity index (χ2v) is 4.28. The highest BCUT2D eigenvalue weighted by Crippen LogP contribution is 2.13. The molecule has 21 heavy (non-hydrogen) atoms. The van der Waals surface area contributed by atoms with Gasteiger partial charge in [0.2, 0.25) is 6.29 Å². The molecule has 0 radical (unpaired) electrons. The fourth-order valence-electron chi connectivity index (χ4n) is 1.44. The van der Waals surface area contributed by atoms with Gasteiger partial charge < -0.3 is 14.6 Å². The van der Waals surface area contributed by atoms with E-state index in [2.05, 4.69) is 6.58 Å². The lowest BCUT2D eigenvalue weighted by molar-refractivity contribution is -0.163. The molecule has 112 valence electrons. The van der Waals surface area contributed by atoms with E-state index in [0.29, 0.717) is 0 Å². The van der Waals surface area contributed by atoms with E-state index in [9.17, 15) is 14.4 Å². The number of hydrogen-bond acceptors (Lipinski definition) is 5. The Morgan fingerprint density at radius 2 is 1.76 bits per heavy atom. The molecule has 0 aliphatic carbocycles. The van der Waals surface area contributed by atoms with Crippen molar-refractivity contribution in [3.63, 3.8) is 0 Å². The van der Waals surface area contributed by atoms with Gasteiger partial charge in [0.15, 0.2) is 0 Å². The van der Waals surface area contributed by atoms with E-state index in [1.807, 2.05) is 0 Å². The summed E-state index contributed by atoms with van der Waals surface area (Å²) in [6.45, 7) is 6.55. The zero-order valence-corrected chi connectivity index (χ0v) is 11.8. The van der Waals surface area contributed by atoms with Crippen LogP contribution in [0.1, 0.15) is 41.0 Å². The number of rotatable bonds is 6. The third kappa shape index (κ3) is 4.45. The maximum absolute atomic E-state index is 12.0. The smallest absolute Gasteiger partial charge is 0.342 e. The standard InChI is InChI=1S/C15H16O6/c1-4-12(20-14(18)9(2)3)21-15(19)11-8-6-5-7-10(11)13(16)17/h5-8,12H,2,4H2,1,3H3,(H,16,17). The van der Waals surface area contributed by atoms with Crippen LogP contribution in [0.15, 0.2) is 36.4 Å². The molecule has 1 aromatic rings. The van der Waals surface area contributed by atoms with Crippen LogP contribution >= 0.6 is 0 Å². The summed E-state index contributed by atoms with van der Waals surface area (Å²) in [5, 5.41) is 9.02. The van der Waals surface area contributed by atoms with Crippen LogP contribution in [0.25, 0.3) is 0 Å². The Hall–Kier alpha value is -2.63. The molecule has 1 N–H and O–H groups in total. The fourth-order valence-corrected chi connectivity index (χ4v) is 1.44. The third-order valence-corrected chi connectivity index (χ3v) is 2.54. The van der Waals surface area contributed by atoms with Crippen LogP contribution in [-0.2, 0) is 14.3 Å². The van der Waals surface area contributed by atoms with Gasteiger partial charge in [0, 0.05) is 12.0 Å². The fraction of sp³-hybridized carbons (Fsp3) is 0.267. The van der Waals surface area contributed by atoms with Gasteiger partial charge in [0.1, 0.15) is 0 Å². The average Bonchev–Trinajstić information content (AvgIpc) is 2.45. The second kappa shape index (κ2) is 7.23. The van der Waals surface area contributed by atoms with Crippen molar-refractivity contribution in [1.29, 1.82) is 0 Å². The summed E-state index contributed by atoms with van der Waals surface area (Å²) in [7, 11) is 0. The van der Waals surface area contributed by atoms with Crippen molar-refractivity contribution in [1.82, 2.24) is 0 Å². The predicted octanol–water partition coefficient (Wildman–Crippen LogP) is 2.40. The first-order chi connectivity index (χ1) is 9.86. The minimum Gasteiger partial charge on any atom is -0.478 e. The number of aromatic carboxylic acids is 1. The first-order valence-electron chi connectivity index (χ1n) is 6.26. The zero-order valence-electron chi connectivity index (χ0n) is 11.8. The van der Waals surface area contributed by atoms with Crippen LogP contribution in [0.2, 0.25) is 0 Å². The van der Waals surface area contributed by atoms with Gasteiger partial charge >= 0.3 is 17.9 Å². The van der Waals surface area contributed by atoms with Gasteiger partial charge in [0.05, 0.1) is 11.1 Å². The summed E-state index contributed by atoms with van der Waals surface area (Å²) in [6, 6.07) is 5.64. The number of hydrogen-bond donors (Lipinski definition) is 1. The molecule has 0 aromatic heterocycles. The summed E-state index contributed by atoms with van der Waals surface area (Å²) in [4.78, 5) is 34.4. The molecular weight excluding hydrogens is 276 g/mol. The molecule has 6 heteroatoms. The molecular formula is C15H16O6. The molecule has 0 heterocycles. The summed E-state index contributed by atoms with van der Waals surface area (Å²) >= 11 is 0. The SMILES string of the molecule is C=C(C)C(=O)OC(CC)OC(=O)c1ccccc1C(=O)O. The molecule has 0 fully saturated rings. The summed E-state index contributed by atoms with van der Waals surface area (Å²) < 4.78 is 9.94. The van der Waals surface area contributed by atoms with Crippen molar-refractivity contribution in [3.8, 4) is 0 Å². The lowest BCUT2D eigenvalue weighted by Gasteiger charge is -2.17. The monoisotopic (exact) mass is 292 g/mol. The molecule has 0 bridgehead atoms. The molecule has 0 amide bonds. The van der Waals surface area contributed by atoms with E-state index in [0.717, 1.165) is 0 Å². The van der Waals surface area contributed by atoms with Crippen LogP contribution < -0.4 is 0 Å². The van der Waals surface area contributed by atoms with Crippen LogP contribution in [0.5, 0.6) is 0 Å². The Labute approximate surface area is 122 Å². The van der Waals surface area contributed by atoms with Crippen LogP contribution in [0, 0.1) is 0 Å². The average molecular weight is 292 g/mol. The van der Waals surface area contributed by atoms with E-state index in [4.69, 9.17) is 14.6 Å². The Morgan fingerprint density at radius 1 is 1.19 bits per heavy atom. The molecule has 1 atom stereocenters. The quantitative estimate of drug-likeness (QED) is 0.492. The number of carboxylic acid groups (broad SMARTS) is 1. The van der Waals surface area contributed by atoms with Crippen molar-refractivity contribution in [2.45, 2.75) is 26.6 Å². The lowest BCUT2D eigenvalue weighted by Crippen LogP contribution is -2.25. The molecule has 0 saturated carbocycles. The number of ether oxygens (including phenoxy) is 2. The second-order valence-electron chi connectivity index (χ2n) is 4.28. The van der Waals surface area contributed by atoms with Gasteiger partial charge in [-0.25, -0.2) is 14.4 Å². The molecule has 1 unspecified atom stereocenters. The number of benzene rings is 1. The van der Waals surface area contributed by atoms with Crippen molar-refractivity contribution in [2.75, 3.05) is 0 Å². The van der Waals surface area contributed by atoms with E-state index in [1.165, 1.54) is 31.2 Å². The Kier molecular flexibility index (Phi) is 5.66. The maximum atomic E-state index is 12.0. The van der Waals surface area contributed by atoms with E-state index >= 15 is 0 Å². The molecule has 0 saturated heterocycles. The predicted molar refractivity (Wildman–Crippen MR) is 73.8 cm³/mol. The largest absolute Gasteiger partial charge is 0.478 e. The number of carbonyl (C=O) groups excluding carboxylic acids is 2. The first kappa shape index (κ1) is 16.4. The van der Waals surface area contributed by atoms with E-state index in [1.54, 1.807) is 6.92 Å². The topological polar surface area (TPSA) is 89.9 Å². The van der Waals surface area contributed by atoms with Gasteiger partial charge in [-0.3, -0.25) is 0 Å². The Morgan fingerprint density at radius 3 is 2.24 bits per heavy atom. The highest BCUT2D eigenvalue weighted by Gasteiger charge is 2.22. The molecule has 1 aromatic carbocycles. The van der Waals surface area contributed by atoms with Gasteiger partial charge in [-0.1, -0.05) is 25.6 Å². The van der Waals surface area contributed by atoms with Gasteiger partial charge in [0.25, 0.3) is 0 Å². The number of carbonyl (C=O) groups is 3. The Bertz CT molecular complexity index is 575. The zero-order chi connectivity index (χ0) is 16.0.